The fraction of sp³-hybridized carbons (Fsp3) is 0.583. The number of carbonyl (C=O) groups is 1. The minimum absolute atomic E-state index is 0.0855. The van der Waals surface area contributed by atoms with Crippen LogP contribution in [-0.2, 0) is 6.18 Å². The Balaban J connectivity index is 1.45. The van der Waals surface area contributed by atoms with Crippen LogP contribution in [0.4, 0.5) is 13.2 Å². The molecule has 8 heteroatoms. The van der Waals surface area contributed by atoms with Gasteiger partial charge in [0, 0.05) is 19.6 Å². The molecule has 174 valence electrons. The number of halogens is 3. The summed E-state index contributed by atoms with van der Waals surface area (Å²) in [4.78, 5) is 17.7. The van der Waals surface area contributed by atoms with Crippen molar-refractivity contribution in [2.45, 2.75) is 45.7 Å². The standard InChI is InChI=1S/C24H31F3N4O/c1-17-8-11-29(12-9-17)15-19-5-4-10-30(16-19)23(32)22-14-28-31(18(22)2)21-7-3-6-20(13-21)24(25,26)27/h3,6-7,13-14,17,19H,4-5,8-12,15-16H2,1-2H3. The monoisotopic (exact) mass is 448 g/mol. The Morgan fingerprint density at radius 3 is 2.62 bits per heavy atom. The molecule has 2 saturated heterocycles. The summed E-state index contributed by atoms with van der Waals surface area (Å²) >= 11 is 0. The number of aromatic nitrogens is 2. The summed E-state index contributed by atoms with van der Waals surface area (Å²) in [6.45, 7) is 8.76. The van der Waals surface area contributed by atoms with Crippen molar-refractivity contribution in [1.82, 2.24) is 19.6 Å². The first-order valence-electron chi connectivity index (χ1n) is 11.5. The van der Waals surface area contributed by atoms with Crippen molar-refractivity contribution in [2.24, 2.45) is 11.8 Å². The Labute approximate surface area is 187 Å². The highest BCUT2D eigenvalue weighted by Gasteiger charge is 2.31. The molecule has 0 radical (unpaired) electrons. The Bertz CT molecular complexity index is 947. The Kier molecular flexibility index (Phi) is 6.60. The fourth-order valence-electron chi connectivity index (χ4n) is 4.87. The summed E-state index contributed by atoms with van der Waals surface area (Å²) in [5.41, 5.74) is 0.576. The van der Waals surface area contributed by atoms with Gasteiger partial charge >= 0.3 is 6.18 Å². The molecule has 0 aliphatic carbocycles. The van der Waals surface area contributed by atoms with E-state index in [-0.39, 0.29) is 5.91 Å². The van der Waals surface area contributed by atoms with Gasteiger partial charge in [-0.25, -0.2) is 4.68 Å². The molecule has 1 aromatic heterocycles. The Hall–Kier alpha value is -2.35. The average molecular weight is 449 g/mol. The lowest BCUT2D eigenvalue weighted by Crippen LogP contribution is -2.45. The number of piperidine rings is 2. The second-order valence-corrected chi connectivity index (χ2v) is 9.35. The molecule has 3 heterocycles. The van der Waals surface area contributed by atoms with E-state index in [9.17, 15) is 18.0 Å². The molecule has 0 saturated carbocycles. The van der Waals surface area contributed by atoms with Crippen molar-refractivity contribution in [1.29, 1.82) is 0 Å². The van der Waals surface area contributed by atoms with Crippen LogP contribution in [0, 0.1) is 18.8 Å². The van der Waals surface area contributed by atoms with E-state index in [0.29, 0.717) is 29.4 Å². The molecular formula is C24H31F3N4O. The second-order valence-electron chi connectivity index (χ2n) is 9.35. The van der Waals surface area contributed by atoms with Crippen molar-refractivity contribution >= 4 is 5.91 Å². The fourth-order valence-corrected chi connectivity index (χ4v) is 4.87. The summed E-state index contributed by atoms with van der Waals surface area (Å²) in [5.74, 6) is 1.17. The maximum Gasteiger partial charge on any atom is 0.416 e. The maximum absolute atomic E-state index is 13.3. The molecule has 1 atom stereocenters. The Morgan fingerprint density at radius 1 is 1.16 bits per heavy atom. The van der Waals surface area contributed by atoms with Gasteiger partial charge in [0.2, 0.25) is 0 Å². The van der Waals surface area contributed by atoms with Crippen molar-refractivity contribution in [3.8, 4) is 5.69 Å². The van der Waals surface area contributed by atoms with Gasteiger partial charge in [-0.05, 0) is 75.7 Å². The molecule has 5 nitrogen and oxygen atoms in total. The van der Waals surface area contributed by atoms with Gasteiger partial charge in [-0.2, -0.15) is 18.3 Å². The smallest absolute Gasteiger partial charge is 0.338 e. The highest BCUT2D eigenvalue weighted by molar-refractivity contribution is 5.95. The molecule has 2 fully saturated rings. The zero-order chi connectivity index (χ0) is 22.9. The van der Waals surface area contributed by atoms with E-state index < -0.39 is 11.7 Å². The summed E-state index contributed by atoms with van der Waals surface area (Å²) in [5, 5.41) is 4.24. The number of alkyl halides is 3. The van der Waals surface area contributed by atoms with Gasteiger partial charge < -0.3 is 9.80 Å². The lowest BCUT2D eigenvalue weighted by molar-refractivity contribution is -0.137. The highest BCUT2D eigenvalue weighted by Crippen LogP contribution is 2.31. The van der Waals surface area contributed by atoms with Crippen LogP contribution in [0.2, 0.25) is 0 Å². The SMILES string of the molecule is Cc1c(C(=O)N2CCCC(CN3CCC(C)CC3)C2)cnn1-c1cccc(C(F)(F)F)c1. The molecule has 1 aromatic carbocycles. The molecule has 1 unspecified atom stereocenters. The van der Waals surface area contributed by atoms with E-state index in [4.69, 9.17) is 0 Å². The predicted octanol–water partition coefficient (Wildman–Crippen LogP) is 4.78. The molecule has 0 spiro atoms. The van der Waals surface area contributed by atoms with Crippen LogP contribution >= 0.6 is 0 Å². The van der Waals surface area contributed by atoms with Gasteiger partial charge in [0.15, 0.2) is 0 Å². The van der Waals surface area contributed by atoms with E-state index in [1.165, 1.54) is 29.8 Å². The molecule has 4 rings (SSSR count). The lowest BCUT2D eigenvalue weighted by Gasteiger charge is -2.37. The topological polar surface area (TPSA) is 41.4 Å². The van der Waals surface area contributed by atoms with Crippen molar-refractivity contribution < 1.29 is 18.0 Å². The van der Waals surface area contributed by atoms with Crippen molar-refractivity contribution in [3.05, 3.63) is 47.3 Å². The van der Waals surface area contributed by atoms with Crippen LogP contribution in [0.1, 0.15) is 54.2 Å². The number of likely N-dealkylation sites (tertiary alicyclic amines) is 2. The maximum atomic E-state index is 13.3. The zero-order valence-corrected chi connectivity index (χ0v) is 18.7. The van der Waals surface area contributed by atoms with E-state index in [2.05, 4.69) is 16.9 Å². The first-order chi connectivity index (χ1) is 15.2. The normalized spacial score (nSPS) is 21.2. The first kappa shape index (κ1) is 22.8. The van der Waals surface area contributed by atoms with Crippen molar-refractivity contribution in [3.63, 3.8) is 0 Å². The van der Waals surface area contributed by atoms with E-state index in [0.717, 1.165) is 57.1 Å². The molecular weight excluding hydrogens is 417 g/mol. The van der Waals surface area contributed by atoms with Gasteiger partial charge in [0.05, 0.1) is 28.7 Å². The van der Waals surface area contributed by atoms with Crippen LogP contribution in [0.3, 0.4) is 0 Å². The summed E-state index contributed by atoms with van der Waals surface area (Å²) in [6.07, 6.45) is 1.63. The summed E-state index contributed by atoms with van der Waals surface area (Å²) in [7, 11) is 0. The van der Waals surface area contributed by atoms with E-state index in [1.807, 2.05) is 4.90 Å². The number of carbonyl (C=O) groups excluding carboxylic acids is 1. The van der Waals surface area contributed by atoms with Crippen LogP contribution < -0.4 is 0 Å². The van der Waals surface area contributed by atoms with Crippen LogP contribution in [0.15, 0.2) is 30.5 Å². The van der Waals surface area contributed by atoms with Gasteiger partial charge in [0.25, 0.3) is 5.91 Å². The second kappa shape index (κ2) is 9.25. The minimum atomic E-state index is -4.43. The third-order valence-electron chi connectivity index (χ3n) is 6.86. The number of amides is 1. The van der Waals surface area contributed by atoms with Gasteiger partial charge in [-0.3, -0.25) is 4.79 Å². The highest BCUT2D eigenvalue weighted by atomic mass is 19.4. The number of hydrogen-bond acceptors (Lipinski definition) is 3. The molecule has 2 aliphatic rings. The van der Waals surface area contributed by atoms with Gasteiger partial charge in [0.1, 0.15) is 0 Å². The molecule has 32 heavy (non-hydrogen) atoms. The van der Waals surface area contributed by atoms with Gasteiger partial charge in [-0.1, -0.05) is 13.0 Å². The van der Waals surface area contributed by atoms with Crippen LogP contribution in [0.5, 0.6) is 0 Å². The molecule has 0 N–H and O–H groups in total. The number of nitrogens with zero attached hydrogens (tertiary/aromatic N) is 4. The minimum Gasteiger partial charge on any atom is -0.338 e. The molecule has 2 aliphatic heterocycles. The predicted molar refractivity (Wildman–Crippen MR) is 117 cm³/mol. The van der Waals surface area contributed by atoms with Gasteiger partial charge in [-0.15, -0.1) is 0 Å². The number of hydrogen-bond donors (Lipinski definition) is 0. The zero-order valence-electron chi connectivity index (χ0n) is 18.7. The molecule has 2 aromatic rings. The van der Waals surface area contributed by atoms with Crippen molar-refractivity contribution in [2.75, 3.05) is 32.7 Å². The van der Waals surface area contributed by atoms with E-state index >= 15 is 0 Å². The molecule has 1 amide bonds. The Morgan fingerprint density at radius 2 is 1.91 bits per heavy atom. The average Bonchev–Trinajstić information content (AvgIpc) is 3.16. The summed E-state index contributed by atoms with van der Waals surface area (Å²) in [6, 6.07) is 5.02. The largest absolute Gasteiger partial charge is 0.416 e. The van der Waals surface area contributed by atoms with E-state index in [1.54, 1.807) is 13.0 Å². The first-order valence-corrected chi connectivity index (χ1v) is 11.5. The summed E-state index contributed by atoms with van der Waals surface area (Å²) < 4.78 is 40.7. The quantitative estimate of drug-likeness (QED) is 0.676. The van der Waals surface area contributed by atoms with Crippen LogP contribution in [-0.4, -0.2) is 58.2 Å². The van der Waals surface area contributed by atoms with Crippen LogP contribution in [0.25, 0.3) is 5.69 Å². The third-order valence-corrected chi connectivity index (χ3v) is 6.86. The number of benzene rings is 1. The lowest BCUT2D eigenvalue weighted by atomic mass is 9.94. The molecule has 0 bridgehead atoms. The third kappa shape index (κ3) is 5.00. The number of rotatable bonds is 4.